The second kappa shape index (κ2) is 5.51. The van der Waals surface area contributed by atoms with Crippen LogP contribution >= 0.6 is 11.6 Å². The van der Waals surface area contributed by atoms with Crippen molar-refractivity contribution in [1.82, 2.24) is 14.9 Å². The van der Waals surface area contributed by atoms with E-state index in [2.05, 4.69) is 33.9 Å². The summed E-state index contributed by atoms with van der Waals surface area (Å²) in [6.07, 6.45) is 2.72. The first-order valence-corrected chi connectivity index (χ1v) is 7.28. The van der Waals surface area contributed by atoms with Gasteiger partial charge in [0.25, 0.3) is 0 Å². The Hall–Kier alpha value is -1.45. The van der Waals surface area contributed by atoms with Crippen LogP contribution in [0.1, 0.15) is 28.1 Å². The van der Waals surface area contributed by atoms with Gasteiger partial charge in [-0.25, -0.2) is 9.97 Å². The third-order valence-electron chi connectivity index (χ3n) is 3.95. The first kappa shape index (κ1) is 13.5. The highest BCUT2D eigenvalue weighted by Crippen LogP contribution is 2.28. The van der Waals surface area contributed by atoms with E-state index >= 15 is 0 Å². The molecular formula is C16H18ClN3. The molecule has 0 spiro atoms. The lowest BCUT2D eigenvalue weighted by molar-refractivity contribution is 0.242. The molecule has 0 saturated carbocycles. The van der Waals surface area contributed by atoms with Crippen LogP contribution in [-0.4, -0.2) is 21.4 Å². The summed E-state index contributed by atoms with van der Waals surface area (Å²) < 4.78 is 0. The van der Waals surface area contributed by atoms with Crippen molar-refractivity contribution in [3.63, 3.8) is 0 Å². The van der Waals surface area contributed by atoms with Gasteiger partial charge in [-0.1, -0.05) is 17.7 Å². The van der Waals surface area contributed by atoms with Gasteiger partial charge in [-0.05, 0) is 49.1 Å². The summed E-state index contributed by atoms with van der Waals surface area (Å²) in [6, 6.07) is 6.23. The van der Waals surface area contributed by atoms with Crippen molar-refractivity contribution < 1.29 is 0 Å². The molecule has 1 aromatic heterocycles. The van der Waals surface area contributed by atoms with Gasteiger partial charge >= 0.3 is 0 Å². The van der Waals surface area contributed by atoms with Gasteiger partial charge in [0.1, 0.15) is 6.33 Å². The second-order valence-electron chi connectivity index (χ2n) is 5.42. The van der Waals surface area contributed by atoms with Crippen molar-refractivity contribution in [3.8, 4) is 0 Å². The third kappa shape index (κ3) is 2.69. The third-order valence-corrected chi connectivity index (χ3v) is 4.36. The number of fused-ring (bicyclic) bond motifs is 1. The van der Waals surface area contributed by atoms with Crippen LogP contribution in [0, 0.1) is 13.8 Å². The molecule has 0 radical (unpaired) electrons. The van der Waals surface area contributed by atoms with E-state index in [4.69, 9.17) is 11.6 Å². The summed E-state index contributed by atoms with van der Waals surface area (Å²) in [4.78, 5) is 10.9. The molecule has 0 atom stereocenters. The lowest BCUT2D eigenvalue weighted by Crippen LogP contribution is -2.31. The van der Waals surface area contributed by atoms with Crippen LogP contribution in [0.25, 0.3) is 0 Å². The summed E-state index contributed by atoms with van der Waals surface area (Å²) >= 11 is 6.24. The highest BCUT2D eigenvalue weighted by atomic mass is 35.5. The Morgan fingerprint density at radius 2 is 2.10 bits per heavy atom. The number of aromatic nitrogens is 2. The Balaban J connectivity index is 1.80. The zero-order valence-electron chi connectivity index (χ0n) is 11.9. The van der Waals surface area contributed by atoms with Crippen molar-refractivity contribution in [2.75, 3.05) is 6.54 Å². The molecule has 1 aromatic carbocycles. The van der Waals surface area contributed by atoms with Gasteiger partial charge in [0.15, 0.2) is 0 Å². The molecular weight excluding hydrogens is 270 g/mol. The van der Waals surface area contributed by atoms with Crippen molar-refractivity contribution in [2.24, 2.45) is 0 Å². The predicted octanol–water partition coefficient (Wildman–Crippen LogP) is 3.31. The predicted molar refractivity (Wildman–Crippen MR) is 80.8 cm³/mol. The van der Waals surface area contributed by atoms with Crippen molar-refractivity contribution in [1.29, 1.82) is 0 Å². The maximum atomic E-state index is 6.24. The minimum Gasteiger partial charge on any atom is -0.293 e. The Morgan fingerprint density at radius 3 is 2.90 bits per heavy atom. The van der Waals surface area contributed by atoms with E-state index in [9.17, 15) is 0 Å². The molecule has 2 heterocycles. The average molecular weight is 288 g/mol. The summed E-state index contributed by atoms with van der Waals surface area (Å²) in [7, 11) is 0. The zero-order chi connectivity index (χ0) is 14.1. The zero-order valence-corrected chi connectivity index (χ0v) is 12.6. The Kier molecular flexibility index (Phi) is 3.72. The van der Waals surface area contributed by atoms with Crippen LogP contribution in [0.4, 0.5) is 0 Å². The fourth-order valence-corrected chi connectivity index (χ4v) is 2.96. The summed E-state index contributed by atoms with van der Waals surface area (Å²) in [5.41, 5.74) is 6.14. The first-order valence-electron chi connectivity index (χ1n) is 6.90. The molecule has 0 fully saturated rings. The van der Waals surface area contributed by atoms with Crippen LogP contribution in [0.2, 0.25) is 5.02 Å². The highest BCUT2D eigenvalue weighted by Gasteiger charge is 2.19. The van der Waals surface area contributed by atoms with Gasteiger partial charge in [-0.2, -0.15) is 0 Å². The smallest absolute Gasteiger partial charge is 0.115 e. The molecule has 0 saturated heterocycles. The molecule has 2 aromatic rings. The van der Waals surface area contributed by atoms with E-state index in [1.807, 2.05) is 13.0 Å². The molecule has 0 bridgehead atoms. The quantitative estimate of drug-likeness (QED) is 0.848. The molecule has 1 aliphatic heterocycles. The van der Waals surface area contributed by atoms with Gasteiger partial charge in [0.05, 0.1) is 5.69 Å². The van der Waals surface area contributed by atoms with E-state index in [-0.39, 0.29) is 0 Å². The monoisotopic (exact) mass is 287 g/mol. The molecule has 0 amide bonds. The van der Waals surface area contributed by atoms with Crippen LogP contribution in [0.3, 0.4) is 0 Å². The maximum Gasteiger partial charge on any atom is 0.115 e. The Labute approximate surface area is 124 Å². The van der Waals surface area contributed by atoms with Crippen LogP contribution < -0.4 is 0 Å². The number of halogens is 1. The number of benzene rings is 1. The van der Waals surface area contributed by atoms with Gasteiger partial charge in [0, 0.05) is 30.4 Å². The number of hydrogen-bond donors (Lipinski definition) is 0. The molecule has 1 aliphatic rings. The molecule has 20 heavy (non-hydrogen) atoms. The van der Waals surface area contributed by atoms with E-state index in [0.29, 0.717) is 0 Å². The molecule has 0 N–H and O–H groups in total. The van der Waals surface area contributed by atoms with Crippen LogP contribution in [0.15, 0.2) is 24.5 Å². The maximum absolute atomic E-state index is 6.24. The summed E-state index contributed by atoms with van der Waals surface area (Å²) in [5, 5.41) is 0.864. The fraction of sp³-hybridized carbons (Fsp3) is 0.375. The summed E-state index contributed by atoms with van der Waals surface area (Å²) in [6.45, 7) is 7.00. The molecule has 0 unspecified atom stereocenters. The SMILES string of the molecule is Cc1cc(CN2CCc3ccc(Cl)c(C)c3C2)ncn1. The van der Waals surface area contributed by atoms with E-state index < -0.39 is 0 Å². The molecule has 0 aliphatic carbocycles. The largest absolute Gasteiger partial charge is 0.293 e. The highest BCUT2D eigenvalue weighted by molar-refractivity contribution is 6.31. The fourth-order valence-electron chi connectivity index (χ4n) is 2.78. The van der Waals surface area contributed by atoms with Gasteiger partial charge < -0.3 is 0 Å². The minimum atomic E-state index is 0.864. The van der Waals surface area contributed by atoms with Crippen LogP contribution in [0.5, 0.6) is 0 Å². The van der Waals surface area contributed by atoms with Crippen LogP contribution in [-0.2, 0) is 19.5 Å². The molecule has 3 nitrogen and oxygen atoms in total. The number of hydrogen-bond acceptors (Lipinski definition) is 3. The number of aryl methyl sites for hydroxylation is 1. The Morgan fingerprint density at radius 1 is 1.25 bits per heavy atom. The molecule has 104 valence electrons. The minimum absolute atomic E-state index is 0.864. The summed E-state index contributed by atoms with van der Waals surface area (Å²) in [5.74, 6) is 0. The molecule has 3 rings (SSSR count). The van der Waals surface area contributed by atoms with Gasteiger partial charge in [-0.3, -0.25) is 4.90 Å². The van der Waals surface area contributed by atoms with E-state index in [0.717, 1.165) is 42.5 Å². The number of nitrogens with zero attached hydrogens (tertiary/aromatic N) is 3. The van der Waals surface area contributed by atoms with Gasteiger partial charge in [0.2, 0.25) is 0 Å². The standard InChI is InChI=1S/C16H18ClN3/c1-11-7-14(19-10-18-11)8-20-6-5-13-3-4-16(17)12(2)15(13)9-20/h3-4,7,10H,5-6,8-9H2,1-2H3. The Bertz CT molecular complexity index is 640. The topological polar surface area (TPSA) is 29.0 Å². The normalized spacial score (nSPS) is 15.2. The first-order chi connectivity index (χ1) is 9.63. The lowest BCUT2D eigenvalue weighted by atomic mass is 9.95. The van der Waals surface area contributed by atoms with Crippen molar-refractivity contribution in [2.45, 2.75) is 33.4 Å². The second-order valence-corrected chi connectivity index (χ2v) is 5.83. The molecule has 4 heteroatoms. The van der Waals surface area contributed by atoms with E-state index in [1.54, 1.807) is 6.33 Å². The van der Waals surface area contributed by atoms with Crippen molar-refractivity contribution >= 4 is 11.6 Å². The lowest BCUT2D eigenvalue weighted by Gasteiger charge is -2.30. The van der Waals surface area contributed by atoms with E-state index in [1.165, 1.54) is 16.7 Å². The van der Waals surface area contributed by atoms with Crippen molar-refractivity contribution in [3.05, 3.63) is 57.6 Å². The number of rotatable bonds is 2. The average Bonchev–Trinajstić information content (AvgIpc) is 2.43. The van der Waals surface area contributed by atoms with Gasteiger partial charge in [-0.15, -0.1) is 0 Å².